The molecule has 0 amide bonds. The van der Waals surface area contributed by atoms with E-state index < -0.39 is 0 Å². The van der Waals surface area contributed by atoms with E-state index in [9.17, 15) is 4.79 Å². The average molecular weight is 236 g/mol. The molecule has 1 atom stereocenters. The fourth-order valence-corrected chi connectivity index (χ4v) is 2.83. The summed E-state index contributed by atoms with van der Waals surface area (Å²) in [6.07, 6.45) is 0.883. The van der Waals surface area contributed by atoms with Crippen LogP contribution in [0.5, 0.6) is 0 Å². The van der Waals surface area contributed by atoms with Crippen LogP contribution in [0.3, 0.4) is 0 Å². The van der Waals surface area contributed by atoms with Crippen LogP contribution in [-0.4, -0.2) is 5.78 Å². The molecule has 0 bridgehead atoms. The third-order valence-corrected chi connectivity index (χ3v) is 3.81. The first-order valence-corrected chi connectivity index (χ1v) is 6.40. The van der Waals surface area contributed by atoms with Gasteiger partial charge in [-0.25, -0.2) is 0 Å². The zero-order valence-electron chi connectivity index (χ0n) is 10.7. The number of carbonyl (C=O) groups excluding carboxylic acids is 1. The van der Waals surface area contributed by atoms with Crippen LogP contribution in [-0.2, 0) is 6.42 Å². The van der Waals surface area contributed by atoms with Gasteiger partial charge in [0, 0.05) is 11.5 Å². The summed E-state index contributed by atoms with van der Waals surface area (Å²) in [4.78, 5) is 12.3. The van der Waals surface area contributed by atoms with Crippen LogP contribution in [0, 0.1) is 12.8 Å². The predicted molar refractivity (Wildman–Crippen MR) is 73.8 cm³/mol. The Morgan fingerprint density at radius 1 is 1.00 bits per heavy atom. The zero-order valence-corrected chi connectivity index (χ0v) is 10.7. The summed E-state index contributed by atoms with van der Waals surface area (Å²) < 4.78 is 0. The molecular formula is C17H16O. The number of ketones is 1. The molecule has 0 spiro atoms. The highest BCUT2D eigenvalue weighted by Gasteiger charge is 2.29. The van der Waals surface area contributed by atoms with E-state index in [1.807, 2.05) is 19.1 Å². The van der Waals surface area contributed by atoms with Crippen molar-refractivity contribution in [3.8, 4) is 11.1 Å². The number of hydrogen-bond donors (Lipinski definition) is 0. The highest BCUT2D eigenvalue weighted by Crippen LogP contribution is 2.35. The van der Waals surface area contributed by atoms with Crippen LogP contribution in [0.15, 0.2) is 42.5 Å². The largest absolute Gasteiger partial charge is 0.294 e. The zero-order chi connectivity index (χ0) is 12.7. The summed E-state index contributed by atoms with van der Waals surface area (Å²) in [5.41, 5.74) is 5.64. The Kier molecular flexibility index (Phi) is 2.55. The molecule has 1 nitrogen and oxygen atoms in total. The van der Waals surface area contributed by atoms with Crippen LogP contribution in [0.2, 0.25) is 0 Å². The van der Waals surface area contributed by atoms with Gasteiger partial charge in [0.25, 0.3) is 0 Å². The summed E-state index contributed by atoms with van der Waals surface area (Å²) in [6.45, 7) is 4.11. The molecule has 0 saturated carbocycles. The lowest BCUT2D eigenvalue weighted by molar-refractivity contribution is 0.0947. The van der Waals surface area contributed by atoms with E-state index in [1.165, 1.54) is 16.7 Å². The fourth-order valence-electron chi connectivity index (χ4n) is 2.83. The van der Waals surface area contributed by atoms with Crippen molar-refractivity contribution in [3.05, 3.63) is 59.2 Å². The molecule has 2 aromatic rings. The summed E-state index contributed by atoms with van der Waals surface area (Å²) in [5, 5.41) is 0. The Morgan fingerprint density at radius 2 is 1.72 bits per heavy atom. The van der Waals surface area contributed by atoms with Crippen molar-refractivity contribution < 1.29 is 4.79 Å². The van der Waals surface area contributed by atoms with Crippen LogP contribution >= 0.6 is 0 Å². The first-order chi connectivity index (χ1) is 8.68. The minimum absolute atomic E-state index is 0.130. The Labute approximate surface area is 107 Å². The van der Waals surface area contributed by atoms with Gasteiger partial charge < -0.3 is 0 Å². The highest BCUT2D eigenvalue weighted by atomic mass is 16.1. The van der Waals surface area contributed by atoms with Gasteiger partial charge in [0.1, 0.15) is 0 Å². The summed E-state index contributed by atoms with van der Waals surface area (Å²) in [7, 11) is 0. The first-order valence-electron chi connectivity index (χ1n) is 6.40. The van der Waals surface area contributed by atoms with E-state index in [4.69, 9.17) is 0 Å². The van der Waals surface area contributed by atoms with E-state index >= 15 is 0 Å². The highest BCUT2D eigenvalue weighted by molar-refractivity contribution is 6.07. The van der Waals surface area contributed by atoms with E-state index in [-0.39, 0.29) is 5.92 Å². The molecule has 0 aromatic heterocycles. The smallest absolute Gasteiger partial charge is 0.166 e. The van der Waals surface area contributed by atoms with Crippen molar-refractivity contribution in [2.45, 2.75) is 20.3 Å². The van der Waals surface area contributed by atoms with Gasteiger partial charge in [-0.05, 0) is 35.6 Å². The second kappa shape index (κ2) is 4.09. The molecule has 3 rings (SSSR count). The molecule has 1 heteroatoms. The molecule has 1 aliphatic carbocycles. The number of hydrogen-bond acceptors (Lipinski definition) is 1. The third kappa shape index (κ3) is 1.59. The predicted octanol–water partition coefficient (Wildman–Crippen LogP) is 4.04. The summed E-state index contributed by atoms with van der Waals surface area (Å²) in [6, 6.07) is 14.5. The number of benzene rings is 2. The van der Waals surface area contributed by atoms with Crippen molar-refractivity contribution in [2.24, 2.45) is 5.92 Å². The van der Waals surface area contributed by atoms with Gasteiger partial charge in [0.05, 0.1) is 0 Å². The van der Waals surface area contributed by atoms with Crippen LogP contribution < -0.4 is 0 Å². The quantitative estimate of drug-likeness (QED) is 0.730. The number of carbonyl (C=O) groups is 1. The van der Waals surface area contributed by atoms with Gasteiger partial charge in [-0.3, -0.25) is 4.79 Å². The van der Waals surface area contributed by atoms with Crippen LogP contribution in [0.4, 0.5) is 0 Å². The third-order valence-electron chi connectivity index (χ3n) is 3.81. The van der Waals surface area contributed by atoms with Gasteiger partial charge in [0.2, 0.25) is 0 Å². The molecule has 0 aliphatic heterocycles. The second-order valence-electron chi connectivity index (χ2n) is 5.12. The summed E-state index contributed by atoms with van der Waals surface area (Å²) in [5.74, 6) is 0.425. The molecule has 0 fully saturated rings. The number of fused-ring (bicyclic) bond motifs is 1. The SMILES string of the molecule is Cc1ccccc1-c1cccc2c1C(=O)C(C)C2. The van der Waals surface area contributed by atoms with Crippen LogP contribution in [0.1, 0.15) is 28.4 Å². The molecule has 2 aromatic carbocycles. The molecule has 90 valence electrons. The number of rotatable bonds is 1. The normalized spacial score (nSPS) is 17.9. The Balaban J connectivity index is 2.25. The lowest BCUT2D eigenvalue weighted by Gasteiger charge is -2.10. The van der Waals surface area contributed by atoms with Gasteiger partial charge in [-0.2, -0.15) is 0 Å². The molecular weight excluding hydrogens is 220 g/mol. The van der Waals surface area contributed by atoms with Crippen molar-refractivity contribution in [1.82, 2.24) is 0 Å². The van der Waals surface area contributed by atoms with Gasteiger partial charge in [-0.1, -0.05) is 49.4 Å². The lowest BCUT2D eigenvalue weighted by atomic mass is 9.93. The monoisotopic (exact) mass is 236 g/mol. The second-order valence-corrected chi connectivity index (χ2v) is 5.12. The maximum atomic E-state index is 12.3. The van der Waals surface area contributed by atoms with Crippen molar-refractivity contribution in [1.29, 1.82) is 0 Å². The molecule has 1 unspecified atom stereocenters. The standard InChI is InChI=1S/C17H16O/c1-11-6-3-4-8-14(11)15-9-5-7-13-10-12(2)17(18)16(13)15/h3-9,12H,10H2,1-2H3. The maximum absolute atomic E-state index is 12.3. The molecule has 18 heavy (non-hydrogen) atoms. The molecule has 0 radical (unpaired) electrons. The fraction of sp³-hybridized carbons (Fsp3) is 0.235. The molecule has 0 N–H and O–H groups in total. The maximum Gasteiger partial charge on any atom is 0.166 e. The van der Waals surface area contributed by atoms with Gasteiger partial charge in [0.15, 0.2) is 5.78 Å². The Bertz CT molecular complexity index is 625. The van der Waals surface area contributed by atoms with Gasteiger partial charge in [-0.15, -0.1) is 0 Å². The Hall–Kier alpha value is -1.89. The van der Waals surface area contributed by atoms with Crippen molar-refractivity contribution in [3.63, 3.8) is 0 Å². The molecule has 1 aliphatic rings. The minimum atomic E-state index is 0.130. The Morgan fingerprint density at radius 3 is 2.50 bits per heavy atom. The van der Waals surface area contributed by atoms with Gasteiger partial charge >= 0.3 is 0 Å². The summed E-state index contributed by atoms with van der Waals surface area (Å²) >= 11 is 0. The number of aryl methyl sites for hydroxylation is 1. The van der Waals surface area contributed by atoms with Crippen molar-refractivity contribution in [2.75, 3.05) is 0 Å². The van der Waals surface area contributed by atoms with Crippen molar-refractivity contribution >= 4 is 5.78 Å². The first kappa shape index (κ1) is 11.2. The van der Waals surface area contributed by atoms with E-state index in [2.05, 4.69) is 37.3 Å². The molecule has 0 heterocycles. The topological polar surface area (TPSA) is 17.1 Å². The lowest BCUT2D eigenvalue weighted by Crippen LogP contribution is -2.04. The minimum Gasteiger partial charge on any atom is -0.294 e. The van der Waals surface area contributed by atoms with E-state index in [1.54, 1.807) is 0 Å². The average Bonchev–Trinajstić information content (AvgIpc) is 2.66. The number of Topliss-reactive ketones (excluding diaryl/α,β-unsaturated/α-hetero) is 1. The van der Waals surface area contributed by atoms with Crippen LogP contribution in [0.25, 0.3) is 11.1 Å². The molecule has 0 saturated heterocycles. The van der Waals surface area contributed by atoms with E-state index in [0.29, 0.717) is 5.78 Å². The van der Waals surface area contributed by atoms with E-state index in [0.717, 1.165) is 17.5 Å².